The Bertz CT molecular complexity index is 1490. The summed E-state index contributed by atoms with van der Waals surface area (Å²) in [5.41, 5.74) is -1.07. The molecule has 3 heterocycles. The van der Waals surface area contributed by atoms with Crippen LogP contribution in [0.2, 0.25) is 0 Å². The van der Waals surface area contributed by atoms with Gasteiger partial charge in [-0.1, -0.05) is 0 Å². The van der Waals surface area contributed by atoms with Gasteiger partial charge >= 0.3 is 0 Å². The third kappa shape index (κ3) is 5.73. The van der Waals surface area contributed by atoms with Gasteiger partial charge in [0.2, 0.25) is 17.5 Å². The van der Waals surface area contributed by atoms with Crippen molar-refractivity contribution >= 4 is 11.0 Å². The summed E-state index contributed by atoms with van der Waals surface area (Å²) in [5.74, 6) is -2.15. The van der Waals surface area contributed by atoms with Gasteiger partial charge < -0.3 is 74.4 Å². The van der Waals surface area contributed by atoms with Crippen LogP contribution in [0.3, 0.4) is 0 Å². The highest BCUT2D eigenvalue weighted by Gasteiger charge is 2.51. The zero-order chi connectivity index (χ0) is 31.2. The van der Waals surface area contributed by atoms with Gasteiger partial charge in [0.15, 0.2) is 18.2 Å². The Labute approximate surface area is 241 Å². The summed E-state index contributed by atoms with van der Waals surface area (Å²) in [6.07, 6.45) is -17.7. The Morgan fingerprint density at radius 3 is 1.95 bits per heavy atom. The van der Waals surface area contributed by atoms with E-state index in [1.165, 1.54) is 24.3 Å². The molecule has 0 unspecified atom stereocenters. The van der Waals surface area contributed by atoms with Gasteiger partial charge in [-0.2, -0.15) is 0 Å². The van der Waals surface area contributed by atoms with Crippen molar-refractivity contribution < 1.29 is 74.4 Å². The molecule has 3 aromatic rings. The largest absolute Gasteiger partial charge is 0.508 e. The predicted molar refractivity (Wildman–Crippen MR) is 140 cm³/mol. The van der Waals surface area contributed by atoms with Gasteiger partial charge in [-0.3, -0.25) is 4.79 Å². The SMILES string of the molecule is O=c1c(O[C@H]2O[C@@H](CO)[C@H](O)[C@@H](O)[C@@H]2O[C@@H]2O[C@H](CO)[C@@H](O)[C@H](O)[C@@H]2O)c(-c2ccc(O)cc2)oc2cc(O)cc(O)c12. The quantitative estimate of drug-likeness (QED) is 0.133. The average molecular weight is 611 g/mol. The summed E-state index contributed by atoms with van der Waals surface area (Å²) in [5, 5.41) is 101. The first-order valence-electron chi connectivity index (χ1n) is 13.0. The van der Waals surface area contributed by atoms with Gasteiger partial charge in [0.1, 0.15) is 70.9 Å². The highest BCUT2D eigenvalue weighted by molar-refractivity contribution is 5.88. The summed E-state index contributed by atoms with van der Waals surface area (Å²) < 4.78 is 28.3. The molecule has 234 valence electrons. The van der Waals surface area contributed by atoms with Gasteiger partial charge in [-0.25, -0.2) is 0 Å². The number of hydrogen-bond acceptors (Lipinski definition) is 16. The summed E-state index contributed by atoms with van der Waals surface area (Å²) in [4.78, 5) is 13.7. The number of phenols is 3. The molecule has 0 spiro atoms. The number of ether oxygens (including phenoxy) is 4. The smallest absolute Gasteiger partial charge is 0.239 e. The molecule has 0 bridgehead atoms. The molecule has 2 aliphatic heterocycles. The van der Waals surface area contributed by atoms with Crippen molar-refractivity contribution in [2.75, 3.05) is 13.2 Å². The zero-order valence-electron chi connectivity index (χ0n) is 22.1. The van der Waals surface area contributed by atoms with E-state index in [4.69, 9.17) is 23.4 Å². The van der Waals surface area contributed by atoms with E-state index < -0.39 is 103 Å². The van der Waals surface area contributed by atoms with Crippen LogP contribution in [0.1, 0.15) is 0 Å². The molecule has 16 nitrogen and oxygen atoms in total. The molecule has 2 saturated heterocycles. The first-order chi connectivity index (χ1) is 20.4. The van der Waals surface area contributed by atoms with E-state index in [2.05, 4.69) is 0 Å². The van der Waals surface area contributed by atoms with Crippen LogP contribution in [0.4, 0.5) is 0 Å². The Kier molecular flexibility index (Phi) is 8.77. The first kappa shape index (κ1) is 30.9. The molecular formula is C27H30O16. The number of fused-ring (bicyclic) bond motifs is 1. The van der Waals surface area contributed by atoms with Crippen LogP contribution in [0, 0.1) is 0 Å². The topological polar surface area (TPSA) is 269 Å². The number of hydrogen-bond donors (Lipinski definition) is 10. The fourth-order valence-electron chi connectivity index (χ4n) is 4.92. The standard InChI is InChI=1S/C27H30O16/c28-7-14-17(33)20(36)22(38)26(40-14)43-25-21(37)18(34)15(8-29)41-27(25)42-24-19(35)16-12(32)5-11(31)6-13(16)39-23(24)9-1-3-10(30)4-2-9/h1-6,14-15,17-18,20-22,25-34,36-38H,7-8H2/t14-,15+,17-,18+,20+,21-,22+,25+,26+,27-/m1/s1. The van der Waals surface area contributed by atoms with Gasteiger partial charge in [-0.05, 0) is 24.3 Å². The Balaban J connectivity index is 1.60. The molecule has 0 saturated carbocycles. The molecule has 2 aromatic carbocycles. The monoisotopic (exact) mass is 610 g/mol. The highest BCUT2D eigenvalue weighted by atomic mass is 16.8. The lowest BCUT2D eigenvalue weighted by Crippen LogP contribution is -2.65. The molecule has 0 amide bonds. The molecule has 16 heteroatoms. The Morgan fingerprint density at radius 2 is 1.33 bits per heavy atom. The van der Waals surface area contributed by atoms with E-state index >= 15 is 0 Å². The van der Waals surface area contributed by atoms with Crippen LogP contribution in [0.25, 0.3) is 22.3 Å². The third-order valence-corrected chi connectivity index (χ3v) is 7.25. The highest BCUT2D eigenvalue weighted by Crippen LogP contribution is 2.38. The molecule has 10 N–H and O–H groups in total. The molecule has 1 aromatic heterocycles. The van der Waals surface area contributed by atoms with Crippen LogP contribution < -0.4 is 10.2 Å². The van der Waals surface area contributed by atoms with Crippen molar-refractivity contribution in [2.24, 2.45) is 0 Å². The van der Waals surface area contributed by atoms with E-state index in [9.17, 15) is 55.9 Å². The minimum atomic E-state index is -1.93. The van der Waals surface area contributed by atoms with Crippen LogP contribution in [-0.2, 0) is 14.2 Å². The van der Waals surface area contributed by atoms with E-state index in [1.807, 2.05) is 0 Å². The minimum absolute atomic E-state index is 0.129. The molecule has 0 radical (unpaired) electrons. The number of phenolic OH excluding ortho intramolecular Hbond substituents is 3. The maximum atomic E-state index is 13.7. The maximum Gasteiger partial charge on any atom is 0.239 e. The average Bonchev–Trinajstić information content (AvgIpc) is 2.97. The fourth-order valence-corrected chi connectivity index (χ4v) is 4.92. The van der Waals surface area contributed by atoms with E-state index in [1.54, 1.807) is 0 Å². The van der Waals surface area contributed by atoms with Crippen molar-refractivity contribution in [1.82, 2.24) is 0 Å². The summed E-state index contributed by atoms with van der Waals surface area (Å²) >= 11 is 0. The summed E-state index contributed by atoms with van der Waals surface area (Å²) in [7, 11) is 0. The van der Waals surface area contributed by atoms with Crippen LogP contribution in [-0.4, -0.2) is 126 Å². The normalized spacial score (nSPS) is 33.0. The molecule has 43 heavy (non-hydrogen) atoms. The van der Waals surface area contributed by atoms with E-state index in [-0.39, 0.29) is 22.7 Å². The lowest BCUT2D eigenvalue weighted by atomic mass is 9.97. The zero-order valence-corrected chi connectivity index (χ0v) is 22.1. The second-order valence-electron chi connectivity index (χ2n) is 10.1. The first-order valence-corrected chi connectivity index (χ1v) is 13.0. The van der Waals surface area contributed by atoms with Crippen molar-refractivity contribution in [1.29, 1.82) is 0 Å². The van der Waals surface area contributed by atoms with Crippen LogP contribution >= 0.6 is 0 Å². The van der Waals surface area contributed by atoms with Gasteiger partial charge in [0.05, 0.1) is 13.2 Å². The molecule has 5 rings (SSSR count). The lowest BCUT2D eigenvalue weighted by Gasteiger charge is -2.45. The van der Waals surface area contributed by atoms with E-state index in [0.29, 0.717) is 0 Å². The Morgan fingerprint density at radius 1 is 0.721 bits per heavy atom. The van der Waals surface area contributed by atoms with E-state index in [0.717, 1.165) is 12.1 Å². The number of aromatic hydroxyl groups is 3. The predicted octanol–water partition coefficient (Wildman–Crippen LogP) is -2.42. The van der Waals surface area contributed by atoms with Crippen molar-refractivity contribution in [2.45, 2.75) is 61.4 Å². The minimum Gasteiger partial charge on any atom is -0.508 e. The number of aliphatic hydroxyl groups excluding tert-OH is 7. The van der Waals surface area contributed by atoms with Crippen molar-refractivity contribution in [3.63, 3.8) is 0 Å². The van der Waals surface area contributed by atoms with Crippen molar-refractivity contribution in [3.05, 3.63) is 46.6 Å². The second kappa shape index (κ2) is 12.2. The van der Waals surface area contributed by atoms with Crippen LogP contribution in [0.5, 0.6) is 23.0 Å². The van der Waals surface area contributed by atoms with Crippen molar-refractivity contribution in [3.8, 4) is 34.3 Å². The fraction of sp³-hybridized carbons (Fsp3) is 0.444. The number of benzene rings is 2. The summed E-state index contributed by atoms with van der Waals surface area (Å²) in [6.45, 7) is -1.63. The molecule has 2 aliphatic rings. The molecular weight excluding hydrogens is 580 g/mol. The van der Waals surface area contributed by atoms with Gasteiger partial charge in [-0.15, -0.1) is 0 Å². The molecule has 0 aliphatic carbocycles. The molecule has 10 atom stereocenters. The third-order valence-electron chi connectivity index (χ3n) is 7.25. The summed E-state index contributed by atoms with van der Waals surface area (Å²) in [6, 6.07) is 7.20. The van der Waals surface area contributed by atoms with Crippen LogP contribution in [0.15, 0.2) is 45.6 Å². The maximum absolute atomic E-state index is 13.7. The van der Waals surface area contributed by atoms with Gasteiger partial charge in [0.25, 0.3) is 0 Å². The number of rotatable bonds is 7. The van der Waals surface area contributed by atoms with Gasteiger partial charge in [0, 0.05) is 17.7 Å². The molecule has 2 fully saturated rings. The second-order valence-corrected chi connectivity index (χ2v) is 10.1. The Hall–Kier alpha value is -3.55. The number of aliphatic hydroxyl groups is 7. The lowest BCUT2D eigenvalue weighted by molar-refractivity contribution is -0.358.